The van der Waals surface area contributed by atoms with Crippen LogP contribution in [0.1, 0.15) is 21.5 Å². The molecule has 1 aromatic rings. The summed E-state index contributed by atoms with van der Waals surface area (Å²) in [5.41, 5.74) is 8.50. The second-order valence-electron chi connectivity index (χ2n) is 3.78. The number of ether oxygens (including phenoxy) is 1. The maximum absolute atomic E-state index is 11.8. The van der Waals surface area contributed by atoms with Gasteiger partial charge < -0.3 is 15.8 Å². The van der Waals surface area contributed by atoms with Crippen molar-refractivity contribution in [1.29, 1.82) is 0 Å². The van der Waals surface area contributed by atoms with Crippen molar-refractivity contribution < 1.29 is 14.3 Å². The zero-order valence-corrected chi connectivity index (χ0v) is 10.2. The molecule has 1 rings (SSSR count). The van der Waals surface area contributed by atoms with Gasteiger partial charge in [0.25, 0.3) is 5.91 Å². The first kappa shape index (κ1) is 13.0. The van der Waals surface area contributed by atoms with E-state index in [0.717, 1.165) is 11.1 Å². The van der Waals surface area contributed by atoms with Crippen LogP contribution in [0.4, 0.5) is 5.69 Å². The molecule has 0 heterocycles. The van der Waals surface area contributed by atoms with Gasteiger partial charge in [-0.15, -0.1) is 0 Å². The normalized spacial score (nSPS) is 9.82. The summed E-state index contributed by atoms with van der Waals surface area (Å²) >= 11 is 0. The number of carbonyl (C=O) groups excluding carboxylic acids is 2. The number of benzene rings is 1. The number of hydrogen-bond donors (Lipinski definition) is 2. The number of nitrogen functional groups attached to an aromatic ring is 1. The van der Waals surface area contributed by atoms with Crippen molar-refractivity contribution in [3.8, 4) is 0 Å². The first-order valence-electron chi connectivity index (χ1n) is 5.17. The van der Waals surface area contributed by atoms with Gasteiger partial charge in [0.2, 0.25) is 0 Å². The summed E-state index contributed by atoms with van der Waals surface area (Å²) in [6.07, 6.45) is 0. The van der Waals surface area contributed by atoms with Gasteiger partial charge in [-0.3, -0.25) is 9.59 Å². The largest absolute Gasteiger partial charge is 0.468 e. The van der Waals surface area contributed by atoms with Crippen molar-refractivity contribution in [2.75, 3.05) is 19.4 Å². The molecule has 0 spiro atoms. The van der Waals surface area contributed by atoms with Crippen LogP contribution in [-0.2, 0) is 9.53 Å². The lowest BCUT2D eigenvalue weighted by atomic mass is 10.0. The number of amides is 1. The number of hydrogen-bond acceptors (Lipinski definition) is 4. The van der Waals surface area contributed by atoms with Crippen LogP contribution in [0.5, 0.6) is 0 Å². The van der Waals surface area contributed by atoms with Crippen molar-refractivity contribution in [3.63, 3.8) is 0 Å². The van der Waals surface area contributed by atoms with Crippen LogP contribution in [0.3, 0.4) is 0 Å². The summed E-state index contributed by atoms with van der Waals surface area (Å²) in [4.78, 5) is 22.7. The maximum atomic E-state index is 11.8. The number of rotatable bonds is 3. The van der Waals surface area contributed by atoms with E-state index in [9.17, 15) is 9.59 Å². The molecule has 0 radical (unpaired) electrons. The fourth-order valence-corrected chi connectivity index (χ4v) is 1.43. The van der Waals surface area contributed by atoms with Crippen LogP contribution in [0, 0.1) is 13.8 Å². The zero-order valence-electron chi connectivity index (χ0n) is 10.2. The Morgan fingerprint density at radius 1 is 1.29 bits per heavy atom. The molecule has 0 fully saturated rings. The molecular formula is C12H16N2O3. The number of anilines is 1. The SMILES string of the molecule is COC(=O)CNC(=O)c1cc(N)c(C)cc1C. The Morgan fingerprint density at radius 3 is 2.53 bits per heavy atom. The van der Waals surface area contributed by atoms with E-state index in [0.29, 0.717) is 11.3 Å². The quantitative estimate of drug-likeness (QED) is 0.600. The van der Waals surface area contributed by atoms with Crippen LogP contribution < -0.4 is 11.1 Å². The van der Waals surface area contributed by atoms with Crippen molar-refractivity contribution in [2.45, 2.75) is 13.8 Å². The zero-order chi connectivity index (χ0) is 13.0. The van der Waals surface area contributed by atoms with Crippen LogP contribution in [0.25, 0.3) is 0 Å². The molecule has 5 heteroatoms. The average Bonchev–Trinajstić information content (AvgIpc) is 2.30. The Bertz CT molecular complexity index is 455. The topological polar surface area (TPSA) is 81.4 Å². The molecule has 5 nitrogen and oxygen atoms in total. The minimum absolute atomic E-state index is 0.150. The van der Waals surface area contributed by atoms with Gasteiger partial charge in [0.15, 0.2) is 0 Å². The Morgan fingerprint density at radius 2 is 1.94 bits per heavy atom. The van der Waals surface area contributed by atoms with Gasteiger partial charge in [-0.1, -0.05) is 6.07 Å². The highest BCUT2D eigenvalue weighted by Crippen LogP contribution is 2.17. The molecule has 0 aliphatic heterocycles. The number of carbonyl (C=O) groups is 2. The van der Waals surface area contributed by atoms with Crippen LogP contribution >= 0.6 is 0 Å². The van der Waals surface area contributed by atoms with Gasteiger partial charge in [0.1, 0.15) is 6.54 Å². The van der Waals surface area contributed by atoms with Crippen molar-refractivity contribution >= 4 is 17.6 Å². The fourth-order valence-electron chi connectivity index (χ4n) is 1.43. The molecule has 0 unspecified atom stereocenters. The Hall–Kier alpha value is -2.04. The van der Waals surface area contributed by atoms with E-state index < -0.39 is 5.97 Å². The van der Waals surface area contributed by atoms with E-state index in [1.54, 1.807) is 6.07 Å². The molecule has 1 amide bonds. The predicted molar refractivity (Wildman–Crippen MR) is 64.7 cm³/mol. The van der Waals surface area contributed by atoms with Crippen LogP contribution in [-0.4, -0.2) is 25.5 Å². The third-order valence-corrected chi connectivity index (χ3v) is 2.48. The molecule has 0 aliphatic rings. The minimum atomic E-state index is -0.490. The van der Waals surface area contributed by atoms with Gasteiger partial charge in [0.05, 0.1) is 7.11 Å². The minimum Gasteiger partial charge on any atom is -0.468 e. The third-order valence-electron chi connectivity index (χ3n) is 2.48. The van der Waals surface area contributed by atoms with Gasteiger partial charge in [-0.25, -0.2) is 0 Å². The predicted octanol–water partition coefficient (Wildman–Crippen LogP) is 0.788. The lowest BCUT2D eigenvalue weighted by molar-refractivity contribution is -0.139. The molecule has 0 aromatic heterocycles. The molecule has 3 N–H and O–H groups in total. The van der Waals surface area contributed by atoms with E-state index in [1.165, 1.54) is 7.11 Å². The van der Waals surface area contributed by atoms with E-state index in [-0.39, 0.29) is 12.5 Å². The summed E-state index contributed by atoms with van der Waals surface area (Å²) in [6, 6.07) is 3.44. The Kier molecular flexibility index (Phi) is 4.09. The van der Waals surface area contributed by atoms with Gasteiger partial charge >= 0.3 is 5.97 Å². The van der Waals surface area contributed by atoms with Crippen LogP contribution in [0.2, 0.25) is 0 Å². The van der Waals surface area contributed by atoms with Crippen molar-refractivity contribution in [1.82, 2.24) is 5.32 Å². The molecule has 1 aromatic carbocycles. The molecule has 17 heavy (non-hydrogen) atoms. The second kappa shape index (κ2) is 5.34. The highest BCUT2D eigenvalue weighted by molar-refractivity contribution is 5.98. The second-order valence-corrected chi connectivity index (χ2v) is 3.78. The van der Waals surface area contributed by atoms with E-state index in [2.05, 4.69) is 10.1 Å². The van der Waals surface area contributed by atoms with Crippen LogP contribution in [0.15, 0.2) is 12.1 Å². The van der Waals surface area contributed by atoms with E-state index >= 15 is 0 Å². The monoisotopic (exact) mass is 236 g/mol. The highest BCUT2D eigenvalue weighted by Gasteiger charge is 2.12. The summed E-state index contributed by atoms with van der Waals surface area (Å²) in [6.45, 7) is 3.54. The molecule has 0 saturated heterocycles. The number of nitrogens with one attached hydrogen (secondary N) is 1. The van der Waals surface area contributed by atoms with Crippen molar-refractivity contribution in [3.05, 3.63) is 28.8 Å². The lowest BCUT2D eigenvalue weighted by Gasteiger charge is -2.09. The summed E-state index contributed by atoms with van der Waals surface area (Å²) in [5.74, 6) is -0.823. The number of aryl methyl sites for hydroxylation is 2. The third kappa shape index (κ3) is 3.21. The summed E-state index contributed by atoms with van der Waals surface area (Å²) in [5, 5.41) is 2.47. The molecule has 0 saturated carbocycles. The first-order valence-corrected chi connectivity index (χ1v) is 5.17. The number of nitrogens with two attached hydrogens (primary N) is 1. The molecule has 92 valence electrons. The van der Waals surface area contributed by atoms with Gasteiger partial charge in [-0.05, 0) is 31.0 Å². The molecular weight excluding hydrogens is 220 g/mol. The fraction of sp³-hybridized carbons (Fsp3) is 0.333. The molecule has 0 aliphatic carbocycles. The number of methoxy groups -OCH3 is 1. The standard InChI is InChI=1S/C12H16N2O3/c1-7-4-8(2)10(13)5-9(7)12(16)14-6-11(15)17-3/h4-5H,6,13H2,1-3H3,(H,14,16). The molecule has 0 atom stereocenters. The van der Waals surface area contributed by atoms with Gasteiger partial charge in [0, 0.05) is 11.3 Å². The highest BCUT2D eigenvalue weighted by atomic mass is 16.5. The maximum Gasteiger partial charge on any atom is 0.325 e. The molecule has 0 bridgehead atoms. The average molecular weight is 236 g/mol. The summed E-state index contributed by atoms with van der Waals surface area (Å²) in [7, 11) is 1.27. The smallest absolute Gasteiger partial charge is 0.325 e. The van der Waals surface area contributed by atoms with E-state index in [4.69, 9.17) is 5.73 Å². The van der Waals surface area contributed by atoms with Gasteiger partial charge in [-0.2, -0.15) is 0 Å². The van der Waals surface area contributed by atoms with E-state index in [1.807, 2.05) is 19.9 Å². The summed E-state index contributed by atoms with van der Waals surface area (Å²) < 4.78 is 4.43. The lowest BCUT2D eigenvalue weighted by Crippen LogP contribution is -2.30. The first-order chi connectivity index (χ1) is 7.95. The Balaban J connectivity index is 2.82. The van der Waals surface area contributed by atoms with Crippen molar-refractivity contribution in [2.24, 2.45) is 0 Å². The Labute approximate surface area is 99.9 Å². The number of esters is 1.